The number of aliphatic hydroxyl groups is 2. The highest BCUT2D eigenvalue weighted by atomic mass is 16.7. The average Bonchev–Trinajstić information content (AvgIpc) is 2.54. The smallest absolute Gasteiger partial charge is 0.160 e. The summed E-state index contributed by atoms with van der Waals surface area (Å²) in [5.74, 6) is 0. The van der Waals surface area contributed by atoms with Crippen LogP contribution in [0.15, 0.2) is 59.3 Å². The molecular formula is C21H32O4. The first-order valence-electron chi connectivity index (χ1n) is 8.80. The Bertz CT molecular complexity index is 536. The summed E-state index contributed by atoms with van der Waals surface area (Å²) in [5.41, 5.74) is 3.54. The zero-order valence-electron chi connectivity index (χ0n) is 15.8. The Morgan fingerprint density at radius 2 is 1.72 bits per heavy atom. The topological polar surface area (TPSA) is 58.9 Å². The van der Waals surface area contributed by atoms with Crippen molar-refractivity contribution in [1.29, 1.82) is 0 Å². The summed E-state index contributed by atoms with van der Waals surface area (Å²) in [4.78, 5) is 0. The monoisotopic (exact) mass is 348 g/mol. The molecule has 1 heterocycles. The maximum Gasteiger partial charge on any atom is 0.160 e. The van der Waals surface area contributed by atoms with Gasteiger partial charge in [0.1, 0.15) is 0 Å². The maximum absolute atomic E-state index is 9.74. The molecule has 0 amide bonds. The van der Waals surface area contributed by atoms with Gasteiger partial charge in [-0.05, 0) is 27.7 Å². The van der Waals surface area contributed by atoms with Crippen LogP contribution in [0, 0.1) is 0 Å². The molecule has 1 saturated heterocycles. The lowest BCUT2D eigenvalue weighted by Gasteiger charge is -2.31. The van der Waals surface area contributed by atoms with Crippen LogP contribution in [0.5, 0.6) is 0 Å². The first-order chi connectivity index (χ1) is 11.9. The van der Waals surface area contributed by atoms with E-state index < -0.39 is 12.4 Å². The van der Waals surface area contributed by atoms with E-state index in [0.717, 1.165) is 5.57 Å². The molecule has 140 valence electrons. The van der Waals surface area contributed by atoms with E-state index in [2.05, 4.69) is 39.0 Å². The summed E-state index contributed by atoms with van der Waals surface area (Å²) in [7, 11) is 0. The lowest BCUT2D eigenvalue weighted by Crippen LogP contribution is -2.38. The van der Waals surface area contributed by atoms with E-state index in [1.807, 2.05) is 31.2 Å². The highest BCUT2D eigenvalue weighted by Crippen LogP contribution is 2.20. The van der Waals surface area contributed by atoms with Crippen molar-refractivity contribution in [3.8, 4) is 0 Å². The van der Waals surface area contributed by atoms with Crippen molar-refractivity contribution in [1.82, 2.24) is 0 Å². The van der Waals surface area contributed by atoms with Crippen LogP contribution in [-0.2, 0) is 9.47 Å². The Morgan fingerprint density at radius 3 is 2.40 bits per heavy atom. The number of hydrogen-bond acceptors (Lipinski definition) is 4. The van der Waals surface area contributed by atoms with E-state index in [4.69, 9.17) is 14.6 Å². The average molecular weight is 348 g/mol. The predicted molar refractivity (Wildman–Crippen MR) is 102 cm³/mol. The van der Waals surface area contributed by atoms with Gasteiger partial charge in [0.25, 0.3) is 0 Å². The Kier molecular flexibility index (Phi) is 10.3. The van der Waals surface area contributed by atoms with Crippen molar-refractivity contribution in [2.45, 2.75) is 59.0 Å². The van der Waals surface area contributed by atoms with Gasteiger partial charge >= 0.3 is 0 Å². The molecular weight excluding hydrogens is 316 g/mol. The zero-order valence-corrected chi connectivity index (χ0v) is 15.8. The number of ether oxygens (including phenoxy) is 2. The standard InChI is InChI=1S/C21H32O4/c1-16(2)7-5-8-17(3)9-6-10-18(4)11-12-24-21-14-19(23)13-20(15-22)25-21/h5-11,19-23H,12-15H2,1-4H3/b8-5+,10-6+,17-9+,18-11+. The molecule has 0 aromatic rings. The Labute approximate surface area is 151 Å². The van der Waals surface area contributed by atoms with Crippen molar-refractivity contribution in [3.05, 3.63) is 59.3 Å². The number of aliphatic hydroxyl groups excluding tert-OH is 2. The summed E-state index contributed by atoms with van der Waals surface area (Å²) in [5, 5.41) is 18.9. The Balaban J connectivity index is 2.40. The van der Waals surface area contributed by atoms with Gasteiger partial charge < -0.3 is 19.7 Å². The molecule has 0 radical (unpaired) electrons. The van der Waals surface area contributed by atoms with Gasteiger partial charge in [-0.1, -0.05) is 59.3 Å². The summed E-state index contributed by atoms with van der Waals surface area (Å²) < 4.78 is 11.2. The van der Waals surface area contributed by atoms with Crippen molar-refractivity contribution < 1.29 is 19.7 Å². The van der Waals surface area contributed by atoms with Crippen LogP contribution in [0.1, 0.15) is 40.5 Å². The molecule has 0 saturated carbocycles. The molecule has 2 N–H and O–H groups in total. The lowest BCUT2D eigenvalue weighted by atomic mass is 10.1. The fourth-order valence-corrected chi connectivity index (χ4v) is 2.33. The minimum Gasteiger partial charge on any atom is -0.394 e. The SMILES string of the molecule is CC(C)=C/C=C/C(C)=C/C=C/C(C)=C/COC1CC(O)CC(CO)O1. The normalized spacial score (nSPS) is 25.8. The highest BCUT2D eigenvalue weighted by molar-refractivity contribution is 5.28. The van der Waals surface area contributed by atoms with E-state index in [1.54, 1.807) is 0 Å². The molecule has 0 aromatic carbocycles. The van der Waals surface area contributed by atoms with Gasteiger partial charge in [-0.3, -0.25) is 0 Å². The number of hydrogen-bond donors (Lipinski definition) is 2. The molecule has 1 aliphatic heterocycles. The molecule has 1 aliphatic rings. The van der Waals surface area contributed by atoms with Crippen molar-refractivity contribution in [3.63, 3.8) is 0 Å². The molecule has 0 aliphatic carbocycles. The van der Waals surface area contributed by atoms with E-state index in [0.29, 0.717) is 19.4 Å². The molecule has 0 spiro atoms. The molecule has 4 heteroatoms. The molecule has 1 fully saturated rings. The first-order valence-corrected chi connectivity index (χ1v) is 8.80. The third-order valence-electron chi connectivity index (χ3n) is 3.74. The molecule has 0 bridgehead atoms. The van der Waals surface area contributed by atoms with Gasteiger partial charge in [0, 0.05) is 12.8 Å². The number of rotatable bonds is 8. The summed E-state index contributed by atoms with van der Waals surface area (Å²) >= 11 is 0. The van der Waals surface area contributed by atoms with Gasteiger partial charge in [-0.2, -0.15) is 0 Å². The van der Waals surface area contributed by atoms with Crippen LogP contribution in [0.25, 0.3) is 0 Å². The largest absolute Gasteiger partial charge is 0.394 e. The highest BCUT2D eigenvalue weighted by Gasteiger charge is 2.28. The van der Waals surface area contributed by atoms with E-state index in [9.17, 15) is 5.11 Å². The molecule has 0 aromatic heterocycles. The van der Waals surface area contributed by atoms with Gasteiger partial charge in [-0.25, -0.2) is 0 Å². The van der Waals surface area contributed by atoms with Crippen molar-refractivity contribution in [2.75, 3.05) is 13.2 Å². The second-order valence-electron chi connectivity index (χ2n) is 6.65. The van der Waals surface area contributed by atoms with Crippen LogP contribution in [-0.4, -0.2) is 41.9 Å². The zero-order chi connectivity index (χ0) is 18.7. The quantitative estimate of drug-likeness (QED) is 0.655. The predicted octanol–water partition coefficient (Wildman–Crippen LogP) is 3.83. The third kappa shape index (κ3) is 10.2. The van der Waals surface area contributed by atoms with E-state index in [-0.39, 0.29) is 12.7 Å². The fourth-order valence-electron chi connectivity index (χ4n) is 2.33. The Hall–Kier alpha value is -1.46. The second-order valence-corrected chi connectivity index (χ2v) is 6.65. The third-order valence-corrected chi connectivity index (χ3v) is 3.74. The van der Waals surface area contributed by atoms with Gasteiger partial charge in [0.2, 0.25) is 0 Å². The Morgan fingerprint density at radius 1 is 1.04 bits per heavy atom. The first kappa shape index (κ1) is 21.6. The maximum atomic E-state index is 9.74. The van der Waals surface area contributed by atoms with E-state index in [1.165, 1.54) is 11.1 Å². The summed E-state index contributed by atoms with van der Waals surface area (Å²) in [6, 6.07) is 0. The minimum absolute atomic E-state index is 0.0950. The summed E-state index contributed by atoms with van der Waals surface area (Å²) in [6.45, 7) is 8.53. The molecule has 25 heavy (non-hydrogen) atoms. The molecule has 4 nitrogen and oxygen atoms in total. The van der Waals surface area contributed by atoms with Crippen LogP contribution < -0.4 is 0 Å². The van der Waals surface area contributed by atoms with Crippen LogP contribution >= 0.6 is 0 Å². The van der Waals surface area contributed by atoms with Crippen molar-refractivity contribution >= 4 is 0 Å². The van der Waals surface area contributed by atoms with Gasteiger partial charge in [0.15, 0.2) is 6.29 Å². The molecule has 3 unspecified atom stereocenters. The van der Waals surface area contributed by atoms with Gasteiger partial charge in [0.05, 0.1) is 25.4 Å². The lowest BCUT2D eigenvalue weighted by molar-refractivity contribution is -0.217. The fraction of sp³-hybridized carbons (Fsp3) is 0.524. The molecule has 1 rings (SSSR count). The van der Waals surface area contributed by atoms with Gasteiger partial charge in [-0.15, -0.1) is 0 Å². The van der Waals surface area contributed by atoms with Crippen LogP contribution in [0.3, 0.4) is 0 Å². The number of allylic oxidation sites excluding steroid dienone is 9. The van der Waals surface area contributed by atoms with E-state index >= 15 is 0 Å². The molecule has 3 atom stereocenters. The van der Waals surface area contributed by atoms with Crippen LogP contribution in [0.2, 0.25) is 0 Å². The van der Waals surface area contributed by atoms with Crippen LogP contribution in [0.4, 0.5) is 0 Å². The summed E-state index contributed by atoms with van der Waals surface area (Å²) in [6.07, 6.45) is 13.9. The minimum atomic E-state index is -0.478. The second kappa shape index (κ2) is 12.0. The van der Waals surface area contributed by atoms with Crippen molar-refractivity contribution in [2.24, 2.45) is 0 Å².